The largest absolute Gasteiger partial charge is 0.506 e. The molecule has 0 bridgehead atoms. The van der Waals surface area contributed by atoms with Crippen LogP contribution in [0.5, 0.6) is 5.75 Å². The number of aromatic hydroxyl groups is 1. The second kappa shape index (κ2) is 6.34. The van der Waals surface area contributed by atoms with Crippen molar-refractivity contribution in [2.24, 2.45) is 0 Å². The van der Waals surface area contributed by atoms with Crippen LogP contribution in [0, 0.1) is 5.82 Å². The van der Waals surface area contributed by atoms with Crippen molar-refractivity contribution in [2.75, 3.05) is 18.0 Å². The van der Waals surface area contributed by atoms with E-state index >= 15 is 4.39 Å². The average Bonchev–Trinajstić information content (AvgIpc) is 3.30. The van der Waals surface area contributed by atoms with Gasteiger partial charge in [0.15, 0.2) is 5.82 Å². The van der Waals surface area contributed by atoms with Gasteiger partial charge in [-0.1, -0.05) is 0 Å². The van der Waals surface area contributed by atoms with Gasteiger partial charge in [-0.3, -0.25) is 13.8 Å². The van der Waals surface area contributed by atoms with Crippen LogP contribution < -0.4 is 9.03 Å². The van der Waals surface area contributed by atoms with E-state index in [4.69, 9.17) is 4.74 Å². The highest BCUT2D eigenvalue weighted by molar-refractivity contribution is 7.85. The standard InChI is InChI=1S/C16H15FN4O5S/c1-26-16(24)21-11(8-2-3-8)6-10(18-21)9-4-5-12(22)15(14(9)17)20-7-13(23)19-27(20)25/h4-6,8,22H,2-3,7H2,1H3,(H,19,23). The monoisotopic (exact) mass is 394 g/mol. The summed E-state index contributed by atoms with van der Waals surface area (Å²) in [5, 5.41) is 14.2. The highest BCUT2D eigenvalue weighted by atomic mass is 32.2. The van der Waals surface area contributed by atoms with Crippen LogP contribution in [0.2, 0.25) is 0 Å². The summed E-state index contributed by atoms with van der Waals surface area (Å²) in [7, 11) is 1.23. The average molecular weight is 394 g/mol. The van der Waals surface area contributed by atoms with Gasteiger partial charge in [0.25, 0.3) is 5.91 Å². The van der Waals surface area contributed by atoms with Gasteiger partial charge >= 0.3 is 6.09 Å². The topological polar surface area (TPSA) is 114 Å². The van der Waals surface area contributed by atoms with E-state index in [1.807, 2.05) is 0 Å². The van der Waals surface area contributed by atoms with E-state index in [1.165, 1.54) is 19.2 Å². The molecule has 9 nitrogen and oxygen atoms in total. The van der Waals surface area contributed by atoms with Gasteiger partial charge in [-0.25, -0.2) is 13.4 Å². The molecule has 1 aromatic carbocycles. The Morgan fingerprint density at radius 3 is 2.78 bits per heavy atom. The normalized spacial score (nSPS) is 19.3. The van der Waals surface area contributed by atoms with Crippen molar-refractivity contribution < 1.29 is 28.0 Å². The van der Waals surface area contributed by atoms with Crippen molar-refractivity contribution in [3.63, 3.8) is 0 Å². The van der Waals surface area contributed by atoms with E-state index in [0.717, 1.165) is 21.8 Å². The van der Waals surface area contributed by atoms with E-state index in [1.54, 1.807) is 6.07 Å². The molecule has 2 N–H and O–H groups in total. The van der Waals surface area contributed by atoms with E-state index in [9.17, 15) is 18.9 Å². The Bertz CT molecular complexity index is 987. The Labute approximate surface area is 155 Å². The lowest BCUT2D eigenvalue weighted by Crippen LogP contribution is -2.23. The highest BCUT2D eigenvalue weighted by Gasteiger charge is 2.34. The number of rotatable bonds is 3. The van der Waals surface area contributed by atoms with Gasteiger partial charge in [0.2, 0.25) is 11.2 Å². The molecule has 4 rings (SSSR count). The predicted octanol–water partition coefficient (Wildman–Crippen LogP) is 1.40. The molecule has 1 aliphatic heterocycles. The SMILES string of the molecule is COC(=O)n1nc(-c2ccc(O)c(N3CC(=O)NS3=O)c2F)cc1C1CC1. The fourth-order valence-corrected chi connectivity index (χ4v) is 3.90. The van der Waals surface area contributed by atoms with Crippen LogP contribution in [-0.2, 0) is 20.7 Å². The molecule has 142 valence electrons. The van der Waals surface area contributed by atoms with Gasteiger partial charge < -0.3 is 9.84 Å². The number of nitrogens with zero attached hydrogens (tertiary/aromatic N) is 3. The summed E-state index contributed by atoms with van der Waals surface area (Å²) in [5.41, 5.74) is 0.422. The lowest BCUT2D eigenvalue weighted by Gasteiger charge is -2.17. The van der Waals surface area contributed by atoms with Crippen molar-refractivity contribution >= 4 is 28.9 Å². The van der Waals surface area contributed by atoms with Gasteiger partial charge in [0, 0.05) is 11.5 Å². The Morgan fingerprint density at radius 2 is 2.19 bits per heavy atom. The number of amides is 1. The Balaban J connectivity index is 1.81. The number of phenolic OH excluding ortho intramolecular Hbond substituents is 1. The number of carbonyl (C=O) groups is 2. The van der Waals surface area contributed by atoms with Gasteiger partial charge in [-0.2, -0.15) is 9.78 Å². The molecule has 1 atom stereocenters. The van der Waals surface area contributed by atoms with Crippen molar-refractivity contribution in [1.82, 2.24) is 14.5 Å². The van der Waals surface area contributed by atoms with Crippen LogP contribution in [0.15, 0.2) is 18.2 Å². The Hall–Kier alpha value is -2.95. The third-order valence-electron chi connectivity index (χ3n) is 4.39. The third kappa shape index (κ3) is 2.93. The third-order valence-corrected chi connectivity index (χ3v) is 5.50. The second-order valence-electron chi connectivity index (χ2n) is 6.22. The molecule has 27 heavy (non-hydrogen) atoms. The molecule has 1 aliphatic carbocycles. The Morgan fingerprint density at radius 1 is 1.44 bits per heavy atom. The number of carbonyl (C=O) groups excluding carboxylic acids is 2. The van der Waals surface area contributed by atoms with Gasteiger partial charge in [-0.05, 0) is 31.0 Å². The van der Waals surface area contributed by atoms with Gasteiger partial charge in [0.1, 0.15) is 18.0 Å². The molecule has 2 aliphatic rings. The van der Waals surface area contributed by atoms with E-state index in [0.29, 0.717) is 5.69 Å². The molecule has 2 fully saturated rings. The van der Waals surface area contributed by atoms with Crippen molar-refractivity contribution in [3.05, 3.63) is 29.7 Å². The minimum Gasteiger partial charge on any atom is -0.506 e. The molecule has 1 unspecified atom stereocenters. The molecule has 1 saturated carbocycles. The van der Waals surface area contributed by atoms with Crippen LogP contribution >= 0.6 is 0 Å². The summed E-state index contributed by atoms with van der Waals surface area (Å²) in [6, 6.07) is 4.13. The molecule has 1 saturated heterocycles. The predicted molar refractivity (Wildman–Crippen MR) is 92.7 cm³/mol. The number of hydrogen-bond acceptors (Lipinski definition) is 6. The fourth-order valence-electron chi connectivity index (χ4n) is 2.95. The molecule has 0 radical (unpaired) electrons. The number of halogens is 1. The van der Waals surface area contributed by atoms with Crippen molar-refractivity contribution in [2.45, 2.75) is 18.8 Å². The summed E-state index contributed by atoms with van der Waals surface area (Å²) in [6.45, 7) is -0.357. The molecular formula is C16H15FN4O5S. The minimum absolute atomic E-state index is 0.00343. The zero-order chi connectivity index (χ0) is 19.3. The lowest BCUT2D eigenvalue weighted by atomic mass is 10.1. The van der Waals surface area contributed by atoms with Crippen LogP contribution in [-0.4, -0.2) is 44.8 Å². The molecule has 1 amide bonds. The quantitative estimate of drug-likeness (QED) is 0.814. The summed E-state index contributed by atoms with van der Waals surface area (Å²) >= 11 is -2.00. The minimum atomic E-state index is -2.00. The molecule has 1 aromatic heterocycles. The molecule has 0 spiro atoms. The zero-order valence-corrected chi connectivity index (χ0v) is 15.0. The zero-order valence-electron chi connectivity index (χ0n) is 14.1. The van der Waals surface area contributed by atoms with Crippen LogP contribution in [0.4, 0.5) is 14.9 Å². The Kier molecular flexibility index (Phi) is 4.10. The maximum Gasteiger partial charge on any atom is 0.434 e. The number of methoxy groups -OCH3 is 1. The number of phenols is 1. The smallest absolute Gasteiger partial charge is 0.434 e. The summed E-state index contributed by atoms with van der Waals surface area (Å²) in [5.74, 6) is -1.76. The van der Waals surface area contributed by atoms with Crippen molar-refractivity contribution in [3.8, 4) is 17.0 Å². The first-order chi connectivity index (χ1) is 12.9. The van der Waals surface area contributed by atoms with E-state index < -0.39 is 34.7 Å². The maximum absolute atomic E-state index is 15.2. The van der Waals surface area contributed by atoms with E-state index in [2.05, 4.69) is 9.82 Å². The fraction of sp³-hybridized carbons (Fsp3) is 0.312. The molecule has 11 heteroatoms. The maximum atomic E-state index is 15.2. The number of benzene rings is 1. The van der Waals surface area contributed by atoms with E-state index in [-0.39, 0.29) is 29.4 Å². The molecule has 2 aromatic rings. The molecule has 2 heterocycles. The highest BCUT2D eigenvalue weighted by Crippen LogP contribution is 2.43. The van der Waals surface area contributed by atoms with Crippen LogP contribution in [0.1, 0.15) is 24.5 Å². The first-order valence-corrected chi connectivity index (χ1v) is 9.20. The summed E-state index contributed by atoms with van der Waals surface area (Å²) < 4.78 is 36.0. The van der Waals surface area contributed by atoms with Gasteiger partial charge in [-0.15, -0.1) is 0 Å². The number of aromatic nitrogens is 2. The summed E-state index contributed by atoms with van der Waals surface area (Å²) in [4.78, 5) is 23.4. The summed E-state index contributed by atoms with van der Waals surface area (Å²) in [6.07, 6.45) is 1.11. The number of hydrogen-bond donors (Lipinski definition) is 2. The number of nitrogens with one attached hydrogen (secondary N) is 1. The van der Waals surface area contributed by atoms with Gasteiger partial charge in [0.05, 0.1) is 18.5 Å². The molecular weight excluding hydrogens is 379 g/mol. The van der Waals surface area contributed by atoms with Crippen molar-refractivity contribution in [1.29, 1.82) is 0 Å². The second-order valence-corrected chi connectivity index (χ2v) is 7.36. The number of ether oxygens (including phenoxy) is 1. The van der Waals surface area contributed by atoms with Crippen LogP contribution in [0.3, 0.4) is 0 Å². The number of anilines is 1. The first-order valence-electron chi connectivity index (χ1n) is 8.09. The van der Waals surface area contributed by atoms with Crippen LogP contribution in [0.25, 0.3) is 11.3 Å². The lowest BCUT2D eigenvalue weighted by molar-refractivity contribution is -0.117. The first kappa shape index (κ1) is 17.5.